The molecule has 3 heterocycles. The van der Waals surface area contributed by atoms with E-state index in [0.29, 0.717) is 29.9 Å². The Balaban J connectivity index is 1.62. The molecule has 1 fully saturated rings. The van der Waals surface area contributed by atoms with Crippen molar-refractivity contribution in [2.24, 2.45) is 5.11 Å². The molecule has 0 radical (unpaired) electrons. The Morgan fingerprint density at radius 1 is 1.40 bits per heavy atom. The zero-order chi connectivity index (χ0) is 24.9. The van der Waals surface area contributed by atoms with E-state index in [-0.39, 0.29) is 24.9 Å². The highest BCUT2D eigenvalue weighted by atomic mass is 19.1. The third-order valence-electron chi connectivity index (χ3n) is 5.85. The van der Waals surface area contributed by atoms with Crippen LogP contribution in [0.4, 0.5) is 26.1 Å². The third kappa shape index (κ3) is 4.99. The molecule has 0 spiro atoms. The van der Waals surface area contributed by atoms with Gasteiger partial charge in [0.25, 0.3) is 0 Å². The molecule has 13 heteroatoms. The molecule has 0 unspecified atom stereocenters. The molecule has 3 aromatic rings. The van der Waals surface area contributed by atoms with Gasteiger partial charge in [-0.25, -0.2) is 18.8 Å². The fourth-order valence-corrected chi connectivity index (χ4v) is 4.11. The number of halogens is 2. The molecule has 0 bridgehead atoms. The number of rotatable bonds is 9. The first-order valence-electron chi connectivity index (χ1n) is 11.0. The molecule has 35 heavy (non-hydrogen) atoms. The molecule has 186 valence electrons. The van der Waals surface area contributed by atoms with Gasteiger partial charge in [-0.2, -0.15) is 10.1 Å². The number of fused-ring (bicyclic) bond motifs is 1. The Labute approximate surface area is 199 Å². The van der Waals surface area contributed by atoms with Crippen LogP contribution in [-0.2, 0) is 4.79 Å². The van der Waals surface area contributed by atoms with Gasteiger partial charge in [-0.1, -0.05) is 6.07 Å². The molecule has 1 saturated heterocycles. The van der Waals surface area contributed by atoms with Crippen LogP contribution in [0.15, 0.2) is 35.6 Å². The summed E-state index contributed by atoms with van der Waals surface area (Å²) < 4.78 is 34.4. The monoisotopic (exact) mass is 488 g/mol. The van der Waals surface area contributed by atoms with Gasteiger partial charge in [0, 0.05) is 24.8 Å². The van der Waals surface area contributed by atoms with Gasteiger partial charge in [0.05, 0.1) is 25.4 Å². The number of aliphatic hydroxyl groups is 1. The average Bonchev–Trinajstić information content (AvgIpc) is 3.31. The zero-order valence-corrected chi connectivity index (χ0v) is 19.0. The number of hydrogen-bond acceptors (Lipinski definition) is 9. The number of aromatic nitrogens is 3. The van der Waals surface area contributed by atoms with E-state index in [0.717, 1.165) is 11.1 Å². The lowest BCUT2D eigenvalue weighted by Gasteiger charge is -2.34. The summed E-state index contributed by atoms with van der Waals surface area (Å²) >= 11 is 0. The number of likely N-dealkylation sites (tertiary alicyclic amines) is 1. The first-order chi connectivity index (χ1) is 17.0. The van der Waals surface area contributed by atoms with Gasteiger partial charge in [-0.3, -0.25) is 4.79 Å². The van der Waals surface area contributed by atoms with Gasteiger partial charge in [0.1, 0.15) is 30.7 Å². The number of methoxy groups -OCH3 is 1. The molecule has 0 aliphatic carbocycles. The van der Waals surface area contributed by atoms with E-state index in [4.69, 9.17) is 15.4 Å². The van der Waals surface area contributed by atoms with Crippen LogP contribution < -0.4 is 15.4 Å². The minimum Gasteiger partial charge on any atom is -0.479 e. The number of nitrogens with one attached hydrogen (secondary N) is 3. The maximum Gasteiger partial charge on any atom is 0.248 e. The second kappa shape index (κ2) is 10.6. The molecule has 1 aliphatic heterocycles. The summed E-state index contributed by atoms with van der Waals surface area (Å²) in [5.41, 5.74) is 10.3. The van der Waals surface area contributed by atoms with Gasteiger partial charge < -0.3 is 25.4 Å². The van der Waals surface area contributed by atoms with Crippen molar-refractivity contribution in [3.8, 4) is 17.0 Å². The van der Waals surface area contributed by atoms with Crippen molar-refractivity contribution in [3.63, 3.8) is 0 Å². The highest BCUT2D eigenvalue weighted by molar-refractivity contribution is 5.87. The molecule has 1 amide bonds. The number of hydrogen-bond donors (Lipinski definition) is 4. The van der Waals surface area contributed by atoms with Crippen molar-refractivity contribution in [2.45, 2.75) is 18.6 Å². The van der Waals surface area contributed by atoms with Crippen LogP contribution >= 0.6 is 0 Å². The van der Waals surface area contributed by atoms with Crippen LogP contribution in [0.25, 0.3) is 16.6 Å². The number of carbonyl (C=O) groups is 1. The number of alkyl halides is 2. The predicted octanol–water partition coefficient (Wildman–Crippen LogP) is 2.79. The molecule has 11 nitrogen and oxygen atoms in total. The maximum absolute atomic E-state index is 14.7. The number of ether oxygens (including phenoxy) is 1. The first kappa shape index (κ1) is 24.3. The second-order valence-corrected chi connectivity index (χ2v) is 7.98. The minimum absolute atomic E-state index is 0.0899. The quantitative estimate of drug-likeness (QED) is 0.340. The summed E-state index contributed by atoms with van der Waals surface area (Å²) in [5.74, 6) is -0.0733. The Kier molecular flexibility index (Phi) is 7.34. The molecular weight excluding hydrogens is 462 g/mol. The lowest BCUT2D eigenvalue weighted by Crippen LogP contribution is -2.50. The topological polar surface area (TPSA) is 140 Å². The van der Waals surface area contributed by atoms with Crippen LogP contribution in [-0.4, -0.2) is 82.8 Å². The summed E-state index contributed by atoms with van der Waals surface area (Å²) in [4.78, 5) is 17.4. The normalized spacial score (nSPS) is 17.9. The SMILES string of the molecule is COc1nc(N[C@H]2CCN(C(=O)CO)C[C@H]2F)nn2ccc(-c3ccc(N=N)c(NCCF)c3)c12. The summed E-state index contributed by atoms with van der Waals surface area (Å²) in [6.07, 6.45) is 0.684. The molecule has 4 N–H and O–H groups in total. The number of benzene rings is 1. The van der Waals surface area contributed by atoms with Crippen molar-refractivity contribution < 1.29 is 23.4 Å². The van der Waals surface area contributed by atoms with Crippen molar-refractivity contribution in [1.82, 2.24) is 19.5 Å². The molecular formula is C22H26F2N8O3. The number of amides is 1. The third-order valence-corrected chi connectivity index (χ3v) is 5.85. The molecule has 2 aromatic heterocycles. The summed E-state index contributed by atoms with van der Waals surface area (Å²) in [5, 5.41) is 22.8. The van der Waals surface area contributed by atoms with Crippen molar-refractivity contribution >= 4 is 28.7 Å². The van der Waals surface area contributed by atoms with Crippen LogP contribution in [0.5, 0.6) is 5.88 Å². The number of anilines is 2. The predicted molar refractivity (Wildman–Crippen MR) is 125 cm³/mol. The highest BCUT2D eigenvalue weighted by Crippen LogP contribution is 2.36. The number of piperidine rings is 1. The van der Waals surface area contributed by atoms with Crippen LogP contribution in [0.3, 0.4) is 0 Å². The number of nitrogens with zero attached hydrogens (tertiary/aromatic N) is 5. The molecule has 0 saturated carbocycles. The van der Waals surface area contributed by atoms with Gasteiger partial charge in [-0.05, 0) is 30.2 Å². The molecule has 1 aliphatic rings. The van der Waals surface area contributed by atoms with Gasteiger partial charge in [0.2, 0.25) is 17.7 Å². The Bertz CT molecular complexity index is 1220. The Morgan fingerprint density at radius 3 is 2.91 bits per heavy atom. The number of aliphatic hydroxyl groups excluding tert-OH is 1. The van der Waals surface area contributed by atoms with Crippen LogP contribution in [0.2, 0.25) is 0 Å². The smallest absolute Gasteiger partial charge is 0.248 e. The fraction of sp³-hybridized carbons (Fsp3) is 0.409. The van der Waals surface area contributed by atoms with E-state index in [2.05, 4.69) is 25.8 Å². The average molecular weight is 488 g/mol. The highest BCUT2D eigenvalue weighted by Gasteiger charge is 2.32. The van der Waals surface area contributed by atoms with Gasteiger partial charge in [0.15, 0.2) is 0 Å². The molecule has 2 atom stereocenters. The van der Waals surface area contributed by atoms with Crippen molar-refractivity contribution in [2.75, 3.05) is 50.7 Å². The largest absolute Gasteiger partial charge is 0.479 e. The standard InChI is InChI=1S/C22H26F2N8O3/c1-35-21-20-14(13-2-3-17(29-25)18(10-13)26-7-6-23)4-9-32(20)30-22(28-21)27-16-5-8-31(11-15(16)24)19(34)12-33/h2-4,9-10,15-16,25-26,33H,5-8,11-12H2,1H3,(H,27,30)/t15-,16+/m1/s1. The minimum atomic E-state index is -1.36. The fourth-order valence-electron chi connectivity index (χ4n) is 4.11. The van der Waals surface area contributed by atoms with E-state index in [9.17, 15) is 13.6 Å². The van der Waals surface area contributed by atoms with Gasteiger partial charge in [-0.15, -0.1) is 5.10 Å². The van der Waals surface area contributed by atoms with Crippen molar-refractivity contribution in [1.29, 1.82) is 5.53 Å². The van der Waals surface area contributed by atoms with E-state index in [1.807, 2.05) is 6.07 Å². The maximum atomic E-state index is 14.7. The lowest BCUT2D eigenvalue weighted by molar-refractivity contribution is -0.136. The molecule has 4 rings (SSSR count). The lowest BCUT2D eigenvalue weighted by atomic mass is 10.0. The van der Waals surface area contributed by atoms with E-state index in [1.165, 1.54) is 12.0 Å². The zero-order valence-electron chi connectivity index (χ0n) is 19.0. The Morgan fingerprint density at radius 2 is 2.23 bits per heavy atom. The number of carbonyl (C=O) groups excluding carboxylic acids is 1. The van der Waals surface area contributed by atoms with Crippen LogP contribution in [0.1, 0.15) is 6.42 Å². The summed E-state index contributed by atoms with van der Waals surface area (Å²) in [6, 6.07) is 6.41. The Hall–Kier alpha value is -3.87. The van der Waals surface area contributed by atoms with Crippen molar-refractivity contribution in [3.05, 3.63) is 30.5 Å². The van der Waals surface area contributed by atoms with Crippen LogP contribution in [0, 0.1) is 5.53 Å². The summed E-state index contributed by atoms with van der Waals surface area (Å²) in [7, 11) is 1.47. The second-order valence-electron chi connectivity index (χ2n) is 7.98. The van der Waals surface area contributed by atoms with E-state index >= 15 is 0 Å². The first-order valence-corrected chi connectivity index (χ1v) is 11.0. The van der Waals surface area contributed by atoms with E-state index < -0.39 is 31.4 Å². The van der Waals surface area contributed by atoms with Gasteiger partial charge >= 0.3 is 0 Å². The van der Waals surface area contributed by atoms with E-state index in [1.54, 1.807) is 28.9 Å². The summed E-state index contributed by atoms with van der Waals surface area (Å²) in [6.45, 7) is -0.934. The molecule has 1 aromatic carbocycles.